The Morgan fingerprint density at radius 2 is 1.73 bits per heavy atom. The van der Waals surface area contributed by atoms with Crippen LogP contribution < -0.4 is 10.6 Å². The molecule has 1 aromatic carbocycles. The van der Waals surface area contributed by atoms with Gasteiger partial charge in [0.1, 0.15) is 10.9 Å². The number of carbonyl (C=O) groups excluding carboxylic acids is 1. The maximum absolute atomic E-state index is 13.5. The third-order valence-electron chi connectivity index (χ3n) is 5.54. The molecule has 11 heteroatoms. The number of hydrogen-bond donors (Lipinski definition) is 1. The van der Waals surface area contributed by atoms with E-state index in [9.17, 15) is 13.2 Å². The molecule has 178 valence electrons. The zero-order chi connectivity index (χ0) is 23.8. The fraction of sp³-hybridized carbons (Fsp3) is 0.500. The summed E-state index contributed by atoms with van der Waals surface area (Å²) >= 11 is 0. The number of nitrogen functional groups attached to an aromatic ring is 1. The van der Waals surface area contributed by atoms with Gasteiger partial charge in [-0.3, -0.25) is 0 Å². The highest BCUT2D eigenvalue weighted by atomic mass is 32.2. The van der Waals surface area contributed by atoms with Crippen LogP contribution >= 0.6 is 0 Å². The maximum atomic E-state index is 13.5. The first kappa shape index (κ1) is 23.2. The van der Waals surface area contributed by atoms with Gasteiger partial charge in [0.2, 0.25) is 5.95 Å². The number of carbonyl (C=O) groups is 1. The van der Waals surface area contributed by atoms with Crippen LogP contribution in [0.25, 0.3) is 11.1 Å². The fourth-order valence-electron chi connectivity index (χ4n) is 3.71. The van der Waals surface area contributed by atoms with Crippen LogP contribution in [0.1, 0.15) is 20.8 Å². The molecule has 0 bridgehead atoms. The standard InChI is InChI=1S/C22H29N5O5S/c1-22(2,3)32-21(28)27-13-19(14-27)33(29,30)18-9-15(16-11-24-20(23)25-12-16)8-17(10-18)26-4-6-31-7-5-26/h8-12,19H,4-7,13-14H2,1-3H3,(H2,23,24,25). The smallest absolute Gasteiger partial charge is 0.410 e. The van der Waals surface area contributed by atoms with Crippen LogP contribution in [-0.2, 0) is 19.3 Å². The highest BCUT2D eigenvalue weighted by Gasteiger charge is 2.42. The van der Waals surface area contributed by atoms with E-state index < -0.39 is 26.8 Å². The summed E-state index contributed by atoms with van der Waals surface area (Å²) in [5.41, 5.74) is 7.11. The Hall–Kier alpha value is -2.92. The molecule has 2 N–H and O–H groups in total. The molecule has 33 heavy (non-hydrogen) atoms. The minimum absolute atomic E-state index is 0.0966. The summed E-state index contributed by atoms with van der Waals surface area (Å²) < 4.78 is 37.7. The Morgan fingerprint density at radius 3 is 2.33 bits per heavy atom. The Bertz CT molecular complexity index is 1120. The van der Waals surface area contributed by atoms with Gasteiger partial charge in [0.25, 0.3) is 0 Å². The lowest BCUT2D eigenvalue weighted by molar-refractivity contribution is 0.0139. The molecule has 1 amide bonds. The van der Waals surface area contributed by atoms with Crippen LogP contribution in [0.5, 0.6) is 0 Å². The second kappa shape index (κ2) is 8.79. The monoisotopic (exact) mass is 475 g/mol. The number of likely N-dealkylation sites (tertiary alicyclic amines) is 1. The third-order valence-corrected chi connectivity index (χ3v) is 7.61. The van der Waals surface area contributed by atoms with Crippen LogP contribution in [0.3, 0.4) is 0 Å². The van der Waals surface area contributed by atoms with Gasteiger partial charge in [0.15, 0.2) is 9.84 Å². The number of nitrogens with two attached hydrogens (primary N) is 1. The molecule has 0 radical (unpaired) electrons. The topological polar surface area (TPSA) is 128 Å². The predicted octanol–water partition coefficient (Wildman–Crippen LogP) is 1.96. The van der Waals surface area contributed by atoms with E-state index in [0.29, 0.717) is 37.4 Å². The van der Waals surface area contributed by atoms with Crippen molar-refractivity contribution in [3.05, 3.63) is 30.6 Å². The number of amides is 1. The van der Waals surface area contributed by atoms with Crippen molar-refractivity contribution in [2.45, 2.75) is 36.5 Å². The van der Waals surface area contributed by atoms with E-state index >= 15 is 0 Å². The fourth-order valence-corrected chi connectivity index (χ4v) is 5.42. The van der Waals surface area contributed by atoms with Gasteiger partial charge in [-0.05, 0) is 44.5 Å². The number of nitrogens with zero attached hydrogens (tertiary/aromatic N) is 4. The van der Waals surface area contributed by atoms with Crippen molar-refractivity contribution in [3.63, 3.8) is 0 Å². The molecule has 2 aromatic rings. The number of benzene rings is 1. The summed E-state index contributed by atoms with van der Waals surface area (Å²) in [4.78, 5) is 24.0. The normalized spacial score (nSPS) is 17.5. The summed E-state index contributed by atoms with van der Waals surface area (Å²) in [6.07, 6.45) is 2.64. The molecular formula is C22H29N5O5S. The van der Waals surface area contributed by atoms with E-state index in [-0.39, 0.29) is 23.9 Å². The van der Waals surface area contributed by atoms with Gasteiger partial charge in [0.05, 0.1) is 18.1 Å². The first-order valence-corrected chi connectivity index (χ1v) is 12.3. The van der Waals surface area contributed by atoms with Gasteiger partial charge >= 0.3 is 6.09 Å². The van der Waals surface area contributed by atoms with E-state index in [0.717, 1.165) is 5.69 Å². The first-order valence-electron chi connectivity index (χ1n) is 10.8. The number of anilines is 2. The van der Waals surface area contributed by atoms with Gasteiger partial charge in [-0.1, -0.05) is 0 Å². The number of rotatable bonds is 4. The summed E-state index contributed by atoms with van der Waals surface area (Å²) in [5, 5.41) is -0.694. The molecule has 0 atom stereocenters. The SMILES string of the molecule is CC(C)(C)OC(=O)N1CC(S(=O)(=O)c2cc(-c3cnc(N)nc3)cc(N3CCOCC3)c2)C1. The molecule has 10 nitrogen and oxygen atoms in total. The van der Waals surface area contributed by atoms with Crippen LogP contribution in [0, 0.1) is 0 Å². The van der Waals surface area contributed by atoms with Crippen LogP contribution in [0.4, 0.5) is 16.4 Å². The van der Waals surface area contributed by atoms with Gasteiger partial charge < -0.3 is 25.0 Å². The second-order valence-electron chi connectivity index (χ2n) is 9.20. The highest BCUT2D eigenvalue weighted by Crippen LogP contribution is 2.33. The van der Waals surface area contributed by atoms with Crippen LogP contribution in [0.2, 0.25) is 0 Å². The van der Waals surface area contributed by atoms with E-state index in [4.69, 9.17) is 15.2 Å². The third kappa shape index (κ3) is 5.19. The van der Waals surface area contributed by atoms with Crippen molar-refractivity contribution >= 4 is 27.6 Å². The molecule has 2 aliphatic rings. The molecule has 1 aromatic heterocycles. The average Bonchev–Trinajstić information content (AvgIpc) is 2.72. The van der Waals surface area contributed by atoms with Crippen molar-refractivity contribution in [2.75, 3.05) is 50.0 Å². The summed E-state index contributed by atoms with van der Waals surface area (Å²) in [6.45, 7) is 8.00. The van der Waals surface area contributed by atoms with E-state index in [1.54, 1.807) is 45.3 Å². The minimum atomic E-state index is -3.69. The van der Waals surface area contributed by atoms with Crippen molar-refractivity contribution in [1.29, 1.82) is 0 Å². The lowest BCUT2D eigenvalue weighted by Gasteiger charge is -2.39. The molecule has 0 unspecified atom stereocenters. The maximum Gasteiger partial charge on any atom is 0.410 e. The number of hydrogen-bond acceptors (Lipinski definition) is 9. The van der Waals surface area contributed by atoms with Crippen molar-refractivity contribution < 1.29 is 22.7 Å². The quantitative estimate of drug-likeness (QED) is 0.705. The molecular weight excluding hydrogens is 446 g/mol. The molecule has 3 heterocycles. The Morgan fingerprint density at radius 1 is 1.09 bits per heavy atom. The molecule has 0 saturated carbocycles. The average molecular weight is 476 g/mol. The number of morpholine rings is 1. The Kier molecular flexibility index (Phi) is 6.19. The number of sulfone groups is 1. The summed E-state index contributed by atoms with van der Waals surface area (Å²) in [5.74, 6) is 0.146. The van der Waals surface area contributed by atoms with E-state index in [1.165, 1.54) is 4.90 Å². The Balaban J connectivity index is 1.62. The van der Waals surface area contributed by atoms with Crippen LogP contribution in [-0.4, -0.2) is 79.6 Å². The summed E-state index contributed by atoms with van der Waals surface area (Å²) in [6, 6.07) is 5.25. The molecule has 0 aliphatic carbocycles. The van der Waals surface area contributed by atoms with Crippen molar-refractivity contribution in [1.82, 2.24) is 14.9 Å². The van der Waals surface area contributed by atoms with Crippen LogP contribution in [0.15, 0.2) is 35.5 Å². The zero-order valence-electron chi connectivity index (χ0n) is 19.0. The lowest BCUT2D eigenvalue weighted by Crippen LogP contribution is -2.57. The van der Waals surface area contributed by atoms with E-state index in [2.05, 4.69) is 14.9 Å². The molecule has 2 fully saturated rings. The van der Waals surface area contributed by atoms with Gasteiger partial charge in [-0.2, -0.15) is 0 Å². The Labute approximate surface area is 193 Å². The highest BCUT2D eigenvalue weighted by molar-refractivity contribution is 7.92. The van der Waals surface area contributed by atoms with Gasteiger partial charge in [0, 0.05) is 49.8 Å². The molecule has 2 aliphatic heterocycles. The second-order valence-corrected chi connectivity index (χ2v) is 11.4. The van der Waals surface area contributed by atoms with Crippen molar-refractivity contribution in [2.24, 2.45) is 0 Å². The largest absolute Gasteiger partial charge is 0.444 e. The van der Waals surface area contributed by atoms with E-state index in [1.807, 2.05) is 6.07 Å². The predicted molar refractivity (Wildman–Crippen MR) is 124 cm³/mol. The number of ether oxygens (including phenoxy) is 2. The lowest BCUT2D eigenvalue weighted by atomic mass is 10.1. The minimum Gasteiger partial charge on any atom is -0.444 e. The molecule has 0 spiro atoms. The first-order chi connectivity index (χ1) is 15.5. The van der Waals surface area contributed by atoms with Crippen molar-refractivity contribution in [3.8, 4) is 11.1 Å². The van der Waals surface area contributed by atoms with Gasteiger partial charge in [-0.25, -0.2) is 23.2 Å². The zero-order valence-corrected chi connectivity index (χ0v) is 19.8. The van der Waals surface area contributed by atoms with Gasteiger partial charge in [-0.15, -0.1) is 0 Å². The number of aromatic nitrogens is 2. The molecule has 2 saturated heterocycles. The summed E-state index contributed by atoms with van der Waals surface area (Å²) in [7, 11) is -3.69. The molecule has 4 rings (SSSR count).